The number of benzene rings is 1. The Morgan fingerprint density at radius 3 is 2.76 bits per heavy atom. The van der Waals surface area contributed by atoms with Crippen molar-refractivity contribution in [3.8, 4) is 11.5 Å². The van der Waals surface area contributed by atoms with Crippen LogP contribution in [0.2, 0.25) is 5.02 Å². The third-order valence-corrected chi connectivity index (χ3v) is 2.45. The quantitative estimate of drug-likeness (QED) is 0.777. The summed E-state index contributed by atoms with van der Waals surface area (Å²) in [5.74, 6) is 1.05. The second kappa shape index (κ2) is 4.97. The van der Waals surface area contributed by atoms with Gasteiger partial charge in [-0.15, -0.1) is 0 Å². The summed E-state index contributed by atoms with van der Waals surface area (Å²) in [5, 5.41) is 0.501. The van der Waals surface area contributed by atoms with Gasteiger partial charge >= 0.3 is 0 Å². The van der Waals surface area contributed by atoms with E-state index in [9.17, 15) is 4.79 Å². The van der Waals surface area contributed by atoms with Crippen LogP contribution >= 0.6 is 11.6 Å². The van der Waals surface area contributed by atoms with Crippen molar-refractivity contribution in [1.29, 1.82) is 0 Å². The molecule has 0 radical (unpaired) electrons. The first-order chi connectivity index (χ1) is 8.19. The lowest BCUT2D eigenvalue weighted by Crippen LogP contribution is -1.91. The average Bonchev–Trinajstić information content (AvgIpc) is 2.34. The Kier molecular flexibility index (Phi) is 3.40. The van der Waals surface area contributed by atoms with E-state index in [4.69, 9.17) is 16.3 Å². The molecular weight excluding hydrogens is 238 g/mol. The summed E-state index contributed by atoms with van der Waals surface area (Å²) in [6, 6.07) is 8.53. The van der Waals surface area contributed by atoms with Gasteiger partial charge in [0.2, 0.25) is 0 Å². The highest BCUT2D eigenvalue weighted by atomic mass is 35.5. The molecule has 0 aliphatic heterocycles. The number of carbonyl (C=O) groups excluding carboxylic acids is 1. The van der Waals surface area contributed by atoms with Gasteiger partial charge in [-0.2, -0.15) is 0 Å². The fraction of sp³-hybridized carbons (Fsp3) is 0.0769. The first kappa shape index (κ1) is 11.6. The van der Waals surface area contributed by atoms with Crippen molar-refractivity contribution < 1.29 is 9.53 Å². The van der Waals surface area contributed by atoms with Gasteiger partial charge in [-0.25, -0.2) is 0 Å². The zero-order valence-electron chi connectivity index (χ0n) is 9.18. The number of nitrogens with zero attached hydrogens (tertiary/aromatic N) is 1. The number of rotatable bonds is 3. The van der Waals surface area contributed by atoms with E-state index in [1.54, 1.807) is 30.5 Å². The molecule has 0 aliphatic rings. The molecule has 86 valence electrons. The van der Waals surface area contributed by atoms with E-state index < -0.39 is 0 Å². The predicted octanol–water partition coefficient (Wildman–Crippen LogP) is 3.65. The van der Waals surface area contributed by atoms with Crippen LogP contribution in [0.4, 0.5) is 0 Å². The highest BCUT2D eigenvalue weighted by Gasteiger charge is 2.05. The van der Waals surface area contributed by atoms with Crippen LogP contribution in [0.25, 0.3) is 0 Å². The van der Waals surface area contributed by atoms with Crippen LogP contribution < -0.4 is 4.74 Å². The van der Waals surface area contributed by atoms with Crippen molar-refractivity contribution in [2.24, 2.45) is 0 Å². The van der Waals surface area contributed by atoms with Gasteiger partial charge in [-0.05, 0) is 37.3 Å². The average molecular weight is 248 g/mol. The van der Waals surface area contributed by atoms with Gasteiger partial charge in [0.05, 0.1) is 11.8 Å². The SMILES string of the molecule is Cc1ccc(Oc2ccc(Cl)cc2C=O)cn1. The first-order valence-electron chi connectivity index (χ1n) is 5.04. The molecule has 0 saturated heterocycles. The highest BCUT2D eigenvalue weighted by Crippen LogP contribution is 2.26. The zero-order valence-corrected chi connectivity index (χ0v) is 9.94. The second-order valence-electron chi connectivity index (χ2n) is 3.54. The van der Waals surface area contributed by atoms with E-state index in [1.807, 2.05) is 13.0 Å². The summed E-state index contributed by atoms with van der Waals surface area (Å²) in [5.41, 5.74) is 1.32. The number of aromatic nitrogens is 1. The molecule has 4 heteroatoms. The van der Waals surface area contributed by atoms with Crippen molar-refractivity contribution >= 4 is 17.9 Å². The maximum atomic E-state index is 10.9. The van der Waals surface area contributed by atoms with Crippen molar-refractivity contribution in [3.63, 3.8) is 0 Å². The number of carbonyl (C=O) groups is 1. The highest BCUT2D eigenvalue weighted by molar-refractivity contribution is 6.30. The number of aldehydes is 1. The van der Waals surface area contributed by atoms with Crippen LogP contribution in [0.1, 0.15) is 16.1 Å². The van der Waals surface area contributed by atoms with Gasteiger partial charge in [0.25, 0.3) is 0 Å². The van der Waals surface area contributed by atoms with E-state index >= 15 is 0 Å². The number of aryl methyl sites for hydroxylation is 1. The van der Waals surface area contributed by atoms with Gasteiger partial charge in [-0.3, -0.25) is 9.78 Å². The summed E-state index contributed by atoms with van der Waals surface area (Å²) in [6.07, 6.45) is 2.32. The van der Waals surface area contributed by atoms with Gasteiger partial charge in [-0.1, -0.05) is 11.6 Å². The van der Waals surface area contributed by atoms with Crippen molar-refractivity contribution in [2.75, 3.05) is 0 Å². The van der Waals surface area contributed by atoms with Crippen LogP contribution in [0.5, 0.6) is 11.5 Å². The van der Waals surface area contributed by atoms with Crippen LogP contribution in [-0.2, 0) is 0 Å². The molecule has 0 spiro atoms. The topological polar surface area (TPSA) is 39.2 Å². The predicted molar refractivity (Wildman–Crippen MR) is 65.9 cm³/mol. The lowest BCUT2D eigenvalue weighted by atomic mass is 10.2. The number of ether oxygens (including phenoxy) is 1. The third-order valence-electron chi connectivity index (χ3n) is 2.21. The Labute approximate surface area is 104 Å². The van der Waals surface area contributed by atoms with Crippen molar-refractivity contribution in [1.82, 2.24) is 4.98 Å². The Balaban J connectivity index is 2.29. The van der Waals surface area contributed by atoms with E-state index in [0.29, 0.717) is 28.4 Å². The molecule has 1 aromatic heterocycles. The molecule has 0 atom stereocenters. The molecule has 17 heavy (non-hydrogen) atoms. The summed E-state index contributed by atoms with van der Waals surface area (Å²) in [7, 11) is 0. The lowest BCUT2D eigenvalue weighted by Gasteiger charge is -2.07. The van der Waals surface area contributed by atoms with Crippen molar-refractivity contribution in [2.45, 2.75) is 6.92 Å². The molecule has 0 bridgehead atoms. The number of hydrogen-bond acceptors (Lipinski definition) is 3. The minimum absolute atomic E-state index is 0.415. The molecule has 3 nitrogen and oxygen atoms in total. The Bertz CT molecular complexity index is 538. The number of halogens is 1. The molecule has 0 amide bonds. The maximum absolute atomic E-state index is 10.9. The largest absolute Gasteiger partial charge is 0.455 e. The van der Waals surface area contributed by atoms with E-state index in [2.05, 4.69) is 4.98 Å². The van der Waals surface area contributed by atoms with Gasteiger partial charge in [0, 0.05) is 10.7 Å². The molecule has 1 heterocycles. The molecule has 0 aliphatic carbocycles. The summed E-state index contributed by atoms with van der Waals surface area (Å²) >= 11 is 5.79. The third kappa shape index (κ3) is 2.82. The number of hydrogen-bond donors (Lipinski definition) is 0. The lowest BCUT2D eigenvalue weighted by molar-refractivity contribution is 0.112. The van der Waals surface area contributed by atoms with E-state index in [0.717, 1.165) is 5.69 Å². The van der Waals surface area contributed by atoms with Gasteiger partial charge in [0.1, 0.15) is 11.5 Å². The Morgan fingerprint density at radius 1 is 1.29 bits per heavy atom. The monoisotopic (exact) mass is 247 g/mol. The Morgan fingerprint density at radius 2 is 2.12 bits per heavy atom. The minimum Gasteiger partial charge on any atom is -0.455 e. The van der Waals surface area contributed by atoms with Gasteiger partial charge in [0.15, 0.2) is 6.29 Å². The molecule has 1 aromatic carbocycles. The van der Waals surface area contributed by atoms with Crippen molar-refractivity contribution in [3.05, 3.63) is 52.8 Å². The number of pyridine rings is 1. The molecule has 2 rings (SSSR count). The smallest absolute Gasteiger partial charge is 0.153 e. The summed E-state index contributed by atoms with van der Waals surface area (Å²) in [4.78, 5) is 15.0. The normalized spacial score (nSPS) is 10.0. The minimum atomic E-state index is 0.415. The molecule has 0 unspecified atom stereocenters. The maximum Gasteiger partial charge on any atom is 0.153 e. The second-order valence-corrected chi connectivity index (χ2v) is 3.97. The summed E-state index contributed by atoms with van der Waals surface area (Å²) < 4.78 is 5.56. The van der Waals surface area contributed by atoms with E-state index in [1.165, 1.54) is 0 Å². The molecule has 0 fully saturated rings. The molecule has 0 N–H and O–H groups in total. The summed E-state index contributed by atoms with van der Waals surface area (Å²) in [6.45, 7) is 1.89. The van der Waals surface area contributed by atoms with Gasteiger partial charge < -0.3 is 4.74 Å². The molecule has 2 aromatic rings. The molecule has 0 saturated carbocycles. The Hall–Kier alpha value is -1.87. The van der Waals surface area contributed by atoms with Crippen LogP contribution in [0, 0.1) is 6.92 Å². The van der Waals surface area contributed by atoms with E-state index in [-0.39, 0.29) is 0 Å². The van der Waals surface area contributed by atoms with Crippen LogP contribution in [0.3, 0.4) is 0 Å². The fourth-order valence-corrected chi connectivity index (χ4v) is 1.53. The zero-order chi connectivity index (χ0) is 12.3. The standard InChI is InChI=1S/C13H10ClNO2/c1-9-2-4-12(7-15-9)17-13-5-3-11(14)6-10(13)8-16/h2-8H,1H3. The van der Waals surface area contributed by atoms with Crippen LogP contribution in [0.15, 0.2) is 36.5 Å². The van der Waals surface area contributed by atoms with Crippen LogP contribution in [-0.4, -0.2) is 11.3 Å². The molecular formula is C13H10ClNO2. The fourth-order valence-electron chi connectivity index (χ4n) is 1.35. The first-order valence-corrected chi connectivity index (χ1v) is 5.42.